The van der Waals surface area contributed by atoms with E-state index in [1.54, 1.807) is 16.9 Å². The number of amides is 1. The van der Waals surface area contributed by atoms with E-state index in [2.05, 4.69) is 29.4 Å². The monoisotopic (exact) mass is 400 g/mol. The van der Waals surface area contributed by atoms with E-state index in [0.717, 1.165) is 28.0 Å². The van der Waals surface area contributed by atoms with Crippen LogP contribution < -0.4 is 10.1 Å². The summed E-state index contributed by atoms with van der Waals surface area (Å²) in [6.45, 7) is 6.78. The summed E-state index contributed by atoms with van der Waals surface area (Å²) in [7, 11) is 0. The van der Waals surface area contributed by atoms with Gasteiger partial charge in [-0.1, -0.05) is 32.0 Å². The average Bonchev–Trinajstić information content (AvgIpc) is 3.16. The van der Waals surface area contributed by atoms with Gasteiger partial charge < -0.3 is 10.1 Å². The lowest BCUT2D eigenvalue weighted by molar-refractivity contribution is 0.102. The highest BCUT2D eigenvalue weighted by atomic mass is 16.5. The van der Waals surface area contributed by atoms with E-state index in [9.17, 15) is 4.79 Å². The van der Waals surface area contributed by atoms with Crippen LogP contribution in [0.2, 0.25) is 0 Å². The van der Waals surface area contributed by atoms with Crippen molar-refractivity contribution in [1.82, 2.24) is 15.0 Å². The highest BCUT2D eigenvalue weighted by Gasteiger charge is 2.12. The molecular weight excluding hydrogens is 376 g/mol. The Hall–Kier alpha value is -3.67. The molecule has 30 heavy (non-hydrogen) atoms. The zero-order valence-electron chi connectivity index (χ0n) is 17.3. The number of para-hydroxylation sites is 1. The topological polar surface area (TPSA) is 69.0 Å². The van der Waals surface area contributed by atoms with E-state index in [1.165, 1.54) is 0 Å². The molecule has 1 N–H and O–H groups in total. The van der Waals surface area contributed by atoms with E-state index >= 15 is 0 Å². The molecule has 1 heterocycles. The molecule has 0 spiro atoms. The van der Waals surface area contributed by atoms with Crippen molar-refractivity contribution in [1.29, 1.82) is 0 Å². The largest absolute Gasteiger partial charge is 0.493 e. The summed E-state index contributed by atoms with van der Waals surface area (Å²) in [4.78, 5) is 14.3. The Balaban J connectivity index is 1.53. The Morgan fingerprint density at radius 3 is 2.33 bits per heavy atom. The number of nitrogens with zero attached hydrogens (tertiary/aromatic N) is 3. The molecule has 0 saturated carbocycles. The molecule has 0 aliphatic heterocycles. The number of aryl methyl sites for hydroxylation is 1. The number of carbonyl (C=O) groups excluding carboxylic acids is 1. The van der Waals surface area contributed by atoms with Crippen LogP contribution in [-0.4, -0.2) is 27.5 Å². The third-order valence-corrected chi connectivity index (χ3v) is 4.66. The maximum absolute atomic E-state index is 12.7. The summed E-state index contributed by atoms with van der Waals surface area (Å²) in [6.07, 6.45) is 0. The Labute approximate surface area is 175 Å². The zero-order chi connectivity index (χ0) is 21.1. The SMILES string of the molecule is Cc1cc2nn(-c3ccccc3)nc2cc1NC(=O)c1ccc(OCC(C)C)cc1. The molecule has 0 aliphatic carbocycles. The number of nitrogens with one attached hydrogen (secondary N) is 1. The maximum Gasteiger partial charge on any atom is 0.255 e. The molecule has 6 heteroatoms. The minimum Gasteiger partial charge on any atom is -0.493 e. The normalized spacial score (nSPS) is 11.1. The van der Waals surface area contributed by atoms with E-state index in [4.69, 9.17) is 4.74 Å². The van der Waals surface area contributed by atoms with Crippen LogP contribution in [0.5, 0.6) is 5.75 Å². The van der Waals surface area contributed by atoms with Crippen LogP contribution in [0.4, 0.5) is 5.69 Å². The Morgan fingerprint density at radius 2 is 1.67 bits per heavy atom. The van der Waals surface area contributed by atoms with Gasteiger partial charge in [-0.25, -0.2) is 0 Å². The Kier molecular flexibility index (Phi) is 5.48. The average molecular weight is 400 g/mol. The summed E-state index contributed by atoms with van der Waals surface area (Å²) < 4.78 is 5.68. The summed E-state index contributed by atoms with van der Waals surface area (Å²) in [6, 6.07) is 20.7. The smallest absolute Gasteiger partial charge is 0.255 e. The lowest BCUT2D eigenvalue weighted by Crippen LogP contribution is -2.13. The van der Waals surface area contributed by atoms with Crippen molar-refractivity contribution in [2.24, 2.45) is 5.92 Å². The minimum atomic E-state index is -0.177. The summed E-state index contributed by atoms with van der Waals surface area (Å²) >= 11 is 0. The van der Waals surface area contributed by atoms with Crippen LogP contribution in [0.1, 0.15) is 29.8 Å². The van der Waals surface area contributed by atoms with Gasteiger partial charge in [0.25, 0.3) is 5.91 Å². The molecule has 0 atom stereocenters. The van der Waals surface area contributed by atoms with Crippen molar-refractivity contribution < 1.29 is 9.53 Å². The first-order chi connectivity index (χ1) is 14.5. The number of anilines is 1. The Morgan fingerprint density at radius 1 is 1.00 bits per heavy atom. The van der Waals surface area contributed by atoms with Crippen molar-refractivity contribution in [3.05, 3.63) is 77.9 Å². The Bertz CT molecular complexity index is 1170. The fourth-order valence-electron chi connectivity index (χ4n) is 3.04. The predicted octanol–water partition coefficient (Wildman–Crippen LogP) is 5.02. The van der Waals surface area contributed by atoms with E-state index in [0.29, 0.717) is 23.8 Å². The third-order valence-electron chi connectivity index (χ3n) is 4.66. The molecule has 0 aliphatic rings. The quantitative estimate of drug-likeness (QED) is 0.494. The molecular formula is C24H24N4O2. The highest BCUT2D eigenvalue weighted by molar-refractivity contribution is 6.05. The number of hydrogen-bond acceptors (Lipinski definition) is 4. The van der Waals surface area contributed by atoms with Crippen LogP contribution in [0.15, 0.2) is 66.7 Å². The second-order valence-electron chi connectivity index (χ2n) is 7.66. The van der Waals surface area contributed by atoms with Gasteiger partial charge in [0, 0.05) is 11.3 Å². The van der Waals surface area contributed by atoms with Crippen molar-refractivity contribution in [2.75, 3.05) is 11.9 Å². The van der Waals surface area contributed by atoms with Crippen LogP contribution >= 0.6 is 0 Å². The van der Waals surface area contributed by atoms with E-state index in [1.807, 2.05) is 61.5 Å². The standard InChI is InChI=1S/C24H24N4O2/c1-16(2)15-30-20-11-9-18(10-12-20)24(29)25-21-14-23-22(13-17(21)3)26-28(27-23)19-7-5-4-6-8-19/h4-14,16H,15H2,1-3H3,(H,25,29). The van der Waals surface area contributed by atoms with Crippen LogP contribution in [0.3, 0.4) is 0 Å². The molecule has 6 nitrogen and oxygen atoms in total. The van der Waals surface area contributed by atoms with E-state index in [-0.39, 0.29) is 5.91 Å². The molecule has 1 aromatic heterocycles. The maximum atomic E-state index is 12.7. The van der Waals surface area contributed by atoms with Gasteiger partial charge in [-0.15, -0.1) is 10.2 Å². The van der Waals surface area contributed by atoms with Crippen LogP contribution in [0, 0.1) is 12.8 Å². The van der Waals surface area contributed by atoms with Crippen LogP contribution in [0.25, 0.3) is 16.7 Å². The van der Waals surface area contributed by atoms with Gasteiger partial charge in [-0.3, -0.25) is 4.79 Å². The zero-order valence-corrected chi connectivity index (χ0v) is 17.3. The fraction of sp³-hybridized carbons (Fsp3) is 0.208. The fourth-order valence-corrected chi connectivity index (χ4v) is 3.04. The number of hydrogen-bond donors (Lipinski definition) is 1. The molecule has 4 aromatic rings. The van der Waals surface area contributed by atoms with Gasteiger partial charge in [0.05, 0.1) is 12.3 Å². The molecule has 1 amide bonds. The van der Waals surface area contributed by atoms with Crippen molar-refractivity contribution in [3.8, 4) is 11.4 Å². The molecule has 0 fully saturated rings. The number of ether oxygens (including phenoxy) is 1. The second-order valence-corrected chi connectivity index (χ2v) is 7.66. The first-order valence-electron chi connectivity index (χ1n) is 9.97. The van der Waals surface area contributed by atoms with Crippen molar-refractivity contribution in [3.63, 3.8) is 0 Å². The van der Waals surface area contributed by atoms with Gasteiger partial charge in [0.2, 0.25) is 0 Å². The second kappa shape index (κ2) is 8.37. The molecule has 0 bridgehead atoms. The summed E-state index contributed by atoms with van der Waals surface area (Å²) in [5.74, 6) is 1.03. The van der Waals surface area contributed by atoms with Gasteiger partial charge in [-0.2, -0.15) is 4.80 Å². The van der Waals surface area contributed by atoms with E-state index < -0.39 is 0 Å². The summed E-state index contributed by atoms with van der Waals surface area (Å²) in [5.41, 5.74) is 4.59. The highest BCUT2D eigenvalue weighted by Crippen LogP contribution is 2.23. The molecule has 0 saturated heterocycles. The number of aromatic nitrogens is 3. The molecule has 0 unspecified atom stereocenters. The minimum absolute atomic E-state index is 0.177. The first-order valence-corrected chi connectivity index (χ1v) is 9.97. The molecule has 3 aromatic carbocycles. The predicted molar refractivity (Wildman–Crippen MR) is 118 cm³/mol. The lowest BCUT2D eigenvalue weighted by Gasteiger charge is -2.10. The lowest BCUT2D eigenvalue weighted by atomic mass is 10.1. The number of fused-ring (bicyclic) bond motifs is 1. The van der Waals surface area contributed by atoms with Crippen LogP contribution in [-0.2, 0) is 0 Å². The molecule has 152 valence electrons. The molecule has 0 radical (unpaired) electrons. The van der Waals surface area contributed by atoms with Crippen molar-refractivity contribution >= 4 is 22.6 Å². The van der Waals surface area contributed by atoms with Gasteiger partial charge in [-0.05, 0) is 66.9 Å². The van der Waals surface area contributed by atoms with Gasteiger partial charge in [0.15, 0.2) is 0 Å². The number of carbonyl (C=O) groups is 1. The summed E-state index contributed by atoms with van der Waals surface area (Å²) in [5, 5.41) is 12.1. The van der Waals surface area contributed by atoms with Crippen molar-refractivity contribution in [2.45, 2.75) is 20.8 Å². The van der Waals surface area contributed by atoms with Gasteiger partial charge >= 0.3 is 0 Å². The number of benzene rings is 3. The number of rotatable bonds is 6. The molecule has 4 rings (SSSR count). The first kappa shape index (κ1) is 19.6. The third kappa shape index (κ3) is 4.33. The van der Waals surface area contributed by atoms with Gasteiger partial charge in [0.1, 0.15) is 16.8 Å².